The highest BCUT2D eigenvalue weighted by molar-refractivity contribution is 6.32. The Morgan fingerprint density at radius 2 is 1.60 bits per heavy atom. The molecule has 0 aliphatic carbocycles. The number of carbonyl (C=O) groups excluding carboxylic acids is 2. The van der Waals surface area contributed by atoms with Crippen LogP contribution in [0.15, 0.2) is 48.5 Å². The number of hydrogen-bond donors (Lipinski definition) is 0. The summed E-state index contributed by atoms with van der Waals surface area (Å²) in [4.78, 5) is 32.0. The highest BCUT2D eigenvalue weighted by Gasteiger charge is 2.62. The minimum absolute atomic E-state index is 0.150. The summed E-state index contributed by atoms with van der Waals surface area (Å²) < 4.78 is 5.27. The van der Waals surface area contributed by atoms with Crippen molar-refractivity contribution in [3.05, 3.63) is 65.0 Å². The fourth-order valence-electron chi connectivity index (χ4n) is 3.07. The molecule has 2 saturated heterocycles. The molecule has 1 spiro atoms. The molecule has 0 N–H and O–H groups in total. The van der Waals surface area contributed by atoms with Gasteiger partial charge < -0.3 is 4.74 Å². The summed E-state index contributed by atoms with van der Waals surface area (Å²) in [5.41, 5.74) is 0.444. The van der Waals surface area contributed by atoms with E-state index in [0.717, 1.165) is 4.90 Å². The minimum Gasteiger partial charge on any atom is -0.375 e. The summed E-state index contributed by atoms with van der Waals surface area (Å²) in [6.07, 6.45) is 0. The Balaban J connectivity index is 1.78. The van der Waals surface area contributed by atoms with E-state index in [2.05, 4.69) is 4.85 Å². The van der Waals surface area contributed by atoms with Gasteiger partial charge in [-0.05, 0) is 36.4 Å². The number of hydrogen-bond acceptors (Lipinski definition) is 3. The average molecular weight is 354 g/mol. The standard InChI is InChI=1S/C18H12ClN3O3/c1-20-13-4-8-14(9-5-13)21-16(23)18(10-25-11-18)22(17(21)24)15-6-2-12(19)3-7-15/h2-9H,10-11H2. The highest BCUT2D eigenvalue weighted by Crippen LogP contribution is 2.41. The van der Waals surface area contributed by atoms with Gasteiger partial charge in [0.15, 0.2) is 11.2 Å². The van der Waals surface area contributed by atoms with E-state index in [9.17, 15) is 9.59 Å². The summed E-state index contributed by atoms with van der Waals surface area (Å²) in [6.45, 7) is 7.31. The highest BCUT2D eigenvalue weighted by atomic mass is 35.5. The van der Waals surface area contributed by atoms with Gasteiger partial charge in [-0.1, -0.05) is 23.7 Å². The van der Waals surface area contributed by atoms with E-state index in [-0.39, 0.29) is 19.1 Å². The first-order chi connectivity index (χ1) is 12.1. The van der Waals surface area contributed by atoms with E-state index < -0.39 is 11.6 Å². The van der Waals surface area contributed by atoms with Crippen molar-refractivity contribution < 1.29 is 14.3 Å². The minimum atomic E-state index is -1.02. The predicted octanol–water partition coefficient (Wildman–Crippen LogP) is 3.63. The molecular formula is C18H12ClN3O3. The van der Waals surface area contributed by atoms with E-state index in [1.807, 2.05) is 0 Å². The van der Waals surface area contributed by atoms with E-state index >= 15 is 0 Å². The second-order valence-corrected chi connectivity index (χ2v) is 6.32. The zero-order chi connectivity index (χ0) is 17.6. The van der Waals surface area contributed by atoms with Gasteiger partial charge >= 0.3 is 6.03 Å². The Morgan fingerprint density at radius 3 is 2.12 bits per heavy atom. The molecule has 124 valence electrons. The molecule has 0 aromatic heterocycles. The van der Waals surface area contributed by atoms with Crippen LogP contribution in [0.3, 0.4) is 0 Å². The number of urea groups is 1. The van der Waals surface area contributed by atoms with Crippen molar-refractivity contribution in [2.24, 2.45) is 0 Å². The van der Waals surface area contributed by atoms with Crippen molar-refractivity contribution in [2.45, 2.75) is 5.54 Å². The SMILES string of the molecule is [C-]#[N+]c1ccc(N2C(=O)N(c3ccc(Cl)cc3)C3(COC3)C2=O)cc1. The molecule has 6 nitrogen and oxygen atoms in total. The lowest BCUT2D eigenvalue weighted by molar-refractivity contribution is -0.136. The summed E-state index contributed by atoms with van der Waals surface area (Å²) in [7, 11) is 0. The molecule has 2 aliphatic rings. The molecule has 2 aromatic rings. The third-order valence-corrected chi connectivity index (χ3v) is 4.67. The molecule has 2 heterocycles. The van der Waals surface area contributed by atoms with Crippen LogP contribution >= 0.6 is 11.6 Å². The maximum atomic E-state index is 13.0. The molecule has 7 heteroatoms. The van der Waals surface area contributed by atoms with Crippen molar-refractivity contribution in [1.29, 1.82) is 0 Å². The molecule has 0 saturated carbocycles. The summed E-state index contributed by atoms with van der Waals surface area (Å²) in [6, 6.07) is 12.7. The molecule has 0 radical (unpaired) electrons. The normalized spacial score (nSPS) is 18.4. The van der Waals surface area contributed by atoms with Crippen LogP contribution in [0, 0.1) is 6.57 Å². The van der Waals surface area contributed by atoms with E-state index in [4.69, 9.17) is 22.9 Å². The zero-order valence-corrected chi connectivity index (χ0v) is 13.7. The lowest BCUT2D eigenvalue weighted by atomic mass is 9.95. The molecule has 0 bridgehead atoms. The third-order valence-electron chi connectivity index (χ3n) is 4.42. The van der Waals surface area contributed by atoms with Crippen molar-refractivity contribution in [2.75, 3.05) is 23.0 Å². The molecule has 3 amide bonds. The van der Waals surface area contributed by atoms with E-state index in [0.29, 0.717) is 22.1 Å². The van der Waals surface area contributed by atoms with Crippen LogP contribution in [-0.2, 0) is 9.53 Å². The van der Waals surface area contributed by atoms with Crippen molar-refractivity contribution in [1.82, 2.24) is 0 Å². The largest absolute Gasteiger partial charge is 0.375 e. The predicted molar refractivity (Wildman–Crippen MR) is 93.1 cm³/mol. The fourth-order valence-corrected chi connectivity index (χ4v) is 3.20. The van der Waals surface area contributed by atoms with Crippen LogP contribution in [0.1, 0.15) is 0 Å². The van der Waals surface area contributed by atoms with Crippen LogP contribution in [0.5, 0.6) is 0 Å². The average Bonchev–Trinajstić information content (AvgIpc) is 2.83. The van der Waals surface area contributed by atoms with Crippen LogP contribution in [0.4, 0.5) is 21.9 Å². The molecular weight excluding hydrogens is 342 g/mol. The van der Waals surface area contributed by atoms with Gasteiger partial charge in [0.05, 0.1) is 25.5 Å². The number of halogens is 1. The smallest absolute Gasteiger partial charge is 0.337 e. The van der Waals surface area contributed by atoms with Gasteiger partial charge in [0.2, 0.25) is 0 Å². The van der Waals surface area contributed by atoms with Crippen LogP contribution in [0.25, 0.3) is 4.85 Å². The first-order valence-corrected chi connectivity index (χ1v) is 7.94. The number of imide groups is 1. The van der Waals surface area contributed by atoms with Gasteiger partial charge in [0, 0.05) is 10.7 Å². The second kappa shape index (κ2) is 5.59. The van der Waals surface area contributed by atoms with Gasteiger partial charge in [-0.2, -0.15) is 0 Å². The van der Waals surface area contributed by atoms with E-state index in [1.54, 1.807) is 48.5 Å². The number of carbonyl (C=O) groups is 2. The zero-order valence-electron chi connectivity index (χ0n) is 13.0. The van der Waals surface area contributed by atoms with Crippen LogP contribution in [-0.4, -0.2) is 30.7 Å². The van der Waals surface area contributed by atoms with Gasteiger partial charge in [0.1, 0.15) is 0 Å². The number of ether oxygens (including phenoxy) is 1. The molecule has 2 aliphatic heterocycles. The Labute approximate surface area is 149 Å². The number of benzene rings is 2. The van der Waals surface area contributed by atoms with Gasteiger partial charge in [0.25, 0.3) is 5.91 Å². The third kappa shape index (κ3) is 2.21. The quantitative estimate of drug-likeness (QED) is 0.612. The van der Waals surface area contributed by atoms with Gasteiger partial charge in [-0.15, -0.1) is 0 Å². The molecule has 2 fully saturated rings. The van der Waals surface area contributed by atoms with Crippen LogP contribution in [0.2, 0.25) is 5.02 Å². The first kappa shape index (κ1) is 15.6. The molecule has 4 rings (SSSR count). The second-order valence-electron chi connectivity index (χ2n) is 5.89. The number of nitrogens with zero attached hydrogens (tertiary/aromatic N) is 3. The van der Waals surface area contributed by atoms with Crippen molar-refractivity contribution in [3.63, 3.8) is 0 Å². The topological polar surface area (TPSA) is 54.2 Å². The van der Waals surface area contributed by atoms with E-state index in [1.165, 1.54) is 4.90 Å². The number of anilines is 2. The monoisotopic (exact) mass is 353 g/mol. The summed E-state index contributed by atoms with van der Waals surface area (Å²) in [5.74, 6) is -0.325. The van der Waals surface area contributed by atoms with Gasteiger partial charge in [-0.3, -0.25) is 9.69 Å². The lowest BCUT2D eigenvalue weighted by Gasteiger charge is -2.41. The Kier molecular flexibility index (Phi) is 3.49. The van der Waals surface area contributed by atoms with Crippen molar-refractivity contribution >= 4 is 40.6 Å². The van der Waals surface area contributed by atoms with Gasteiger partial charge in [-0.25, -0.2) is 14.5 Å². The number of rotatable bonds is 2. The summed E-state index contributed by atoms with van der Waals surface area (Å²) in [5, 5.41) is 0.548. The lowest BCUT2D eigenvalue weighted by Crippen LogP contribution is -2.64. The number of amides is 3. The molecule has 2 aromatic carbocycles. The molecule has 0 atom stereocenters. The Morgan fingerprint density at radius 1 is 1.00 bits per heavy atom. The fraction of sp³-hybridized carbons (Fsp3) is 0.167. The molecule has 25 heavy (non-hydrogen) atoms. The Hall–Kier alpha value is -2.88. The van der Waals surface area contributed by atoms with Crippen LogP contribution < -0.4 is 9.80 Å². The van der Waals surface area contributed by atoms with Crippen molar-refractivity contribution in [3.8, 4) is 0 Å². The first-order valence-electron chi connectivity index (χ1n) is 7.56. The Bertz CT molecular complexity index is 899. The maximum Gasteiger partial charge on any atom is 0.337 e. The molecule has 0 unspecified atom stereocenters. The summed E-state index contributed by atoms with van der Waals surface area (Å²) >= 11 is 5.93. The maximum absolute atomic E-state index is 13.0.